The van der Waals surface area contributed by atoms with Crippen molar-refractivity contribution in [3.8, 4) is 22.3 Å². The smallest absolute Gasteiger partial charge is 0.245 e. The van der Waals surface area contributed by atoms with Gasteiger partial charge in [0.15, 0.2) is 0 Å². The minimum absolute atomic E-state index is 0.0343. The average Bonchev–Trinajstić information content (AvgIpc) is 3.32. The van der Waals surface area contributed by atoms with E-state index in [0.717, 1.165) is 0 Å². The van der Waals surface area contributed by atoms with Crippen molar-refractivity contribution < 1.29 is 0 Å². The molecule has 4 heterocycles. The molecular weight excluding hydrogens is 740 g/mol. The van der Waals surface area contributed by atoms with E-state index in [1.807, 2.05) is 24.2 Å². The van der Waals surface area contributed by atoms with Crippen molar-refractivity contribution in [2.24, 2.45) is 0 Å². The molecule has 0 N–H and O–H groups in total. The van der Waals surface area contributed by atoms with Crippen molar-refractivity contribution in [2.45, 2.75) is 15.2 Å². The Hall–Kier alpha value is -6.87. The second-order valence-electron chi connectivity index (χ2n) is 16.5. The summed E-state index contributed by atoms with van der Waals surface area (Å²) in [6.07, 6.45) is 3.93. The molecule has 0 amide bonds. The van der Waals surface area contributed by atoms with E-state index in [2.05, 4.69) is 205 Å². The van der Waals surface area contributed by atoms with Crippen molar-refractivity contribution in [1.29, 1.82) is 0 Å². The predicted molar refractivity (Wildman–Crippen MR) is 255 cm³/mol. The van der Waals surface area contributed by atoms with Crippen LogP contribution < -0.4 is 32.8 Å². The highest BCUT2D eigenvalue weighted by molar-refractivity contribution is 8.00. The third-order valence-corrected chi connectivity index (χ3v) is 14.8. The van der Waals surface area contributed by atoms with Crippen LogP contribution in [0.5, 0.6) is 0 Å². The van der Waals surface area contributed by atoms with Crippen LogP contribution in [0.3, 0.4) is 0 Å². The van der Waals surface area contributed by atoms with Gasteiger partial charge < -0.3 is 0 Å². The van der Waals surface area contributed by atoms with E-state index in [1.54, 1.807) is 0 Å². The van der Waals surface area contributed by atoms with E-state index < -0.39 is 5.41 Å². The fourth-order valence-electron chi connectivity index (χ4n) is 11.3. The Balaban J connectivity index is 1.18. The van der Waals surface area contributed by atoms with Crippen LogP contribution in [0.1, 0.15) is 22.3 Å². The largest absolute Gasteiger partial charge is 0.265 e. The third kappa shape index (κ3) is 4.71. The van der Waals surface area contributed by atoms with E-state index in [4.69, 9.17) is 0 Å². The molecular formula is C56H35B2NS. The van der Waals surface area contributed by atoms with E-state index >= 15 is 0 Å². The van der Waals surface area contributed by atoms with Gasteiger partial charge in [-0.1, -0.05) is 220 Å². The number of benzene rings is 9. The van der Waals surface area contributed by atoms with Gasteiger partial charge in [0.2, 0.25) is 13.4 Å². The second-order valence-corrected chi connectivity index (χ2v) is 17.6. The van der Waals surface area contributed by atoms with Gasteiger partial charge in [-0.3, -0.25) is 4.98 Å². The molecule has 13 rings (SSSR count). The molecule has 10 aromatic rings. The van der Waals surface area contributed by atoms with Gasteiger partial charge in [0.1, 0.15) is 0 Å². The van der Waals surface area contributed by atoms with E-state index in [1.165, 1.54) is 109 Å². The molecule has 0 unspecified atom stereocenters. The lowest BCUT2D eigenvalue weighted by atomic mass is 9.26. The summed E-state index contributed by atoms with van der Waals surface area (Å²) in [6.45, 7) is 0.109. The summed E-state index contributed by atoms with van der Waals surface area (Å²) in [6, 6.07) is 75.9. The first-order chi connectivity index (χ1) is 29.8. The molecule has 0 atom stereocenters. The zero-order chi connectivity index (χ0) is 39.4. The van der Waals surface area contributed by atoms with Crippen molar-refractivity contribution in [2.75, 3.05) is 0 Å². The van der Waals surface area contributed by atoms with Gasteiger partial charge in [-0.2, -0.15) is 0 Å². The molecule has 3 aliphatic heterocycles. The molecule has 9 aromatic carbocycles. The first-order valence-electron chi connectivity index (χ1n) is 20.9. The molecule has 1 nitrogen and oxygen atoms in total. The maximum atomic E-state index is 4.54. The quantitative estimate of drug-likeness (QED) is 0.166. The van der Waals surface area contributed by atoms with E-state index in [-0.39, 0.29) is 13.4 Å². The SMILES string of the molecule is c1ccc2c(c1)Sc1cccc3c1B2c1ccccc1C31c2ccc(-c3cccc4ccccc34)cc2B(c2ccncc2)c2cc(-c3cccc4ccccc34)ccc21. The number of hydrogen-bond acceptors (Lipinski definition) is 2. The maximum Gasteiger partial charge on any atom is 0.245 e. The number of nitrogens with zero attached hydrogens (tertiary/aromatic N) is 1. The highest BCUT2D eigenvalue weighted by Crippen LogP contribution is 2.50. The van der Waals surface area contributed by atoms with Crippen LogP contribution in [-0.2, 0) is 5.41 Å². The number of fused-ring (bicyclic) bond motifs is 12. The van der Waals surface area contributed by atoms with Crippen molar-refractivity contribution >= 4 is 79.5 Å². The van der Waals surface area contributed by atoms with E-state index in [0.29, 0.717) is 0 Å². The van der Waals surface area contributed by atoms with Crippen molar-refractivity contribution in [1.82, 2.24) is 4.98 Å². The molecule has 0 fully saturated rings. The lowest BCUT2D eigenvalue weighted by Gasteiger charge is -2.50. The predicted octanol–water partition coefficient (Wildman–Crippen LogP) is 9.23. The topological polar surface area (TPSA) is 12.9 Å². The average molecular weight is 776 g/mol. The Morgan fingerprint density at radius 2 is 0.900 bits per heavy atom. The number of pyridine rings is 1. The molecule has 1 spiro atoms. The Morgan fingerprint density at radius 1 is 0.383 bits per heavy atom. The molecule has 0 aliphatic carbocycles. The van der Waals surface area contributed by atoms with Gasteiger partial charge in [-0.05, 0) is 90.3 Å². The number of aromatic nitrogens is 1. The zero-order valence-electron chi connectivity index (χ0n) is 32.7. The van der Waals surface area contributed by atoms with Crippen LogP contribution in [0.2, 0.25) is 0 Å². The molecule has 1 aromatic heterocycles. The van der Waals surface area contributed by atoms with Gasteiger partial charge >= 0.3 is 0 Å². The molecule has 60 heavy (non-hydrogen) atoms. The van der Waals surface area contributed by atoms with Crippen LogP contribution in [0.4, 0.5) is 0 Å². The molecule has 0 saturated heterocycles. The number of rotatable bonds is 3. The summed E-state index contributed by atoms with van der Waals surface area (Å²) < 4.78 is 0. The second kappa shape index (κ2) is 13.1. The van der Waals surface area contributed by atoms with E-state index in [9.17, 15) is 0 Å². The molecule has 0 radical (unpaired) electrons. The van der Waals surface area contributed by atoms with Crippen LogP contribution in [0, 0.1) is 0 Å². The van der Waals surface area contributed by atoms with Gasteiger partial charge in [0, 0.05) is 22.2 Å². The summed E-state index contributed by atoms with van der Waals surface area (Å²) in [4.78, 5) is 7.24. The normalized spacial score (nSPS) is 14.0. The Kier molecular flexibility index (Phi) is 7.41. The van der Waals surface area contributed by atoms with Crippen LogP contribution >= 0.6 is 11.8 Å². The minimum atomic E-state index is -0.575. The highest BCUT2D eigenvalue weighted by Gasteiger charge is 2.54. The first-order valence-corrected chi connectivity index (χ1v) is 21.7. The minimum Gasteiger partial charge on any atom is -0.265 e. The van der Waals surface area contributed by atoms with Crippen molar-refractivity contribution in [3.63, 3.8) is 0 Å². The van der Waals surface area contributed by atoms with Crippen molar-refractivity contribution in [3.05, 3.63) is 235 Å². The molecule has 276 valence electrons. The van der Waals surface area contributed by atoms with Crippen LogP contribution in [-0.4, -0.2) is 18.4 Å². The Morgan fingerprint density at radius 3 is 1.58 bits per heavy atom. The van der Waals surface area contributed by atoms with Crippen LogP contribution in [0.25, 0.3) is 43.8 Å². The summed E-state index contributed by atoms with van der Waals surface area (Å²) in [5.74, 6) is 0. The summed E-state index contributed by atoms with van der Waals surface area (Å²) in [5, 5.41) is 5.04. The fourth-order valence-corrected chi connectivity index (χ4v) is 12.5. The lowest BCUT2D eigenvalue weighted by molar-refractivity contribution is 0.755. The van der Waals surface area contributed by atoms with Gasteiger partial charge in [-0.15, -0.1) is 0 Å². The highest BCUT2D eigenvalue weighted by atomic mass is 32.2. The summed E-state index contributed by atoms with van der Waals surface area (Å²) in [5.41, 5.74) is 18.0. The molecule has 4 heteroatoms. The molecule has 0 bridgehead atoms. The monoisotopic (exact) mass is 775 g/mol. The molecule has 0 saturated carbocycles. The van der Waals surface area contributed by atoms with Gasteiger partial charge in [0.05, 0.1) is 5.41 Å². The standard InChI is InChI=1S/C56H35B2NS/c1-3-16-41-36(12-1)14-9-18-43(41)38-26-28-46-51(34-38)57(40-30-32-59-33-31-40)52-35-39(44-19-10-15-37-13-2-4-17-42(37)44)27-29-47(52)56(46)45-20-5-6-22-49(45)58-50-23-7-8-24-53(50)60-54-25-11-21-48(56)55(54)58/h1-35H. The Labute approximate surface area is 355 Å². The van der Waals surface area contributed by atoms with Gasteiger partial charge in [0.25, 0.3) is 0 Å². The lowest BCUT2D eigenvalue weighted by Crippen LogP contribution is -2.68. The third-order valence-electron chi connectivity index (χ3n) is 13.7. The van der Waals surface area contributed by atoms with Gasteiger partial charge in [-0.25, -0.2) is 0 Å². The fraction of sp³-hybridized carbons (Fsp3) is 0.0179. The summed E-state index contributed by atoms with van der Waals surface area (Å²) in [7, 11) is 0. The Bertz CT molecular complexity index is 3250. The zero-order valence-corrected chi connectivity index (χ0v) is 33.5. The first kappa shape index (κ1) is 34.0. The maximum absolute atomic E-state index is 4.54. The molecule has 3 aliphatic rings. The van der Waals surface area contributed by atoms with Crippen LogP contribution in [0.15, 0.2) is 222 Å². The number of hydrogen-bond donors (Lipinski definition) is 0. The summed E-state index contributed by atoms with van der Waals surface area (Å²) >= 11 is 1.93.